The van der Waals surface area contributed by atoms with Crippen LogP contribution < -0.4 is 4.74 Å². The van der Waals surface area contributed by atoms with E-state index >= 15 is 0 Å². The highest BCUT2D eigenvalue weighted by atomic mass is 79.9. The van der Waals surface area contributed by atoms with Crippen molar-refractivity contribution < 1.29 is 9.53 Å². The lowest BCUT2D eigenvalue weighted by Gasteiger charge is -2.21. The molecule has 0 radical (unpaired) electrons. The minimum atomic E-state index is 0.0945. The molecule has 7 nitrogen and oxygen atoms in total. The number of hydrogen-bond acceptors (Lipinski definition) is 6. The summed E-state index contributed by atoms with van der Waals surface area (Å²) >= 11 is 4.86. The van der Waals surface area contributed by atoms with E-state index in [0.29, 0.717) is 28.4 Å². The second-order valence-corrected chi connectivity index (χ2v) is 10.2. The van der Waals surface area contributed by atoms with Crippen LogP contribution in [0.25, 0.3) is 10.2 Å². The van der Waals surface area contributed by atoms with Crippen molar-refractivity contribution in [2.75, 3.05) is 13.1 Å². The Morgan fingerprint density at radius 3 is 2.83 bits per heavy atom. The summed E-state index contributed by atoms with van der Waals surface area (Å²) in [6.07, 6.45) is 6.71. The van der Waals surface area contributed by atoms with Crippen LogP contribution in [0.2, 0.25) is 0 Å². The van der Waals surface area contributed by atoms with Crippen LogP contribution in [0.4, 0.5) is 0 Å². The number of amides is 1. The molecule has 9 heteroatoms. The summed E-state index contributed by atoms with van der Waals surface area (Å²) in [6.45, 7) is 1.56. The average Bonchev–Trinajstić information content (AvgIpc) is 3.02. The monoisotopic (exact) mass is 473 g/mol. The number of hydrogen-bond donors (Lipinski definition) is 0. The molecule has 3 aromatic rings. The quantitative estimate of drug-likeness (QED) is 0.573. The molecule has 2 aliphatic carbocycles. The van der Waals surface area contributed by atoms with Gasteiger partial charge >= 0.3 is 0 Å². The van der Waals surface area contributed by atoms with Crippen LogP contribution in [-0.4, -0.2) is 50.0 Å². The van der Waals surface area contributed by atoms with Crippen molar-refractivity contribution in [2.45, 2.75) is 37.8 Å². The number of thiophene rings is 1. The molecule has 1 saturated heterocycles. The summed E-state index contributed by atoms with van der Waals surface area (Å²) in [5.74, 6) is 1.54. The fourth-order valence-electron chi connectivity index (χ4n) is 4.68. The van der Waals surface area contributed by atoms with Crippen LogP contribution in [0, 0.1) is 11.8 Å². The summed E-state index contributed by atoms with van der Waals surface area (Å²) in [5.41, 5.74) is 0.944. The number of carbonyl (C=O) groups is 1. The number of aromatic nitrogens is 4. The summed E-state index contributed by atoms with van der Waals surface area (Å²) in [5, 5.41) is 12.7. The number of carbonyl (C=O) groups excluding carboxylic acids is 1. The number of halogens is 1. The first kappa shape index (κ1) is 17.8. The minimum absolute atomic E-state index is 0.0945. The summed E-state index contributed by atoms with van der Waals surface area (Å²) in [6, 6.07) is 6.20. The molecule has 1 amide bonds. The van der Waals surface area contributed by atoms with Crippen LogP contribution in [0.3, 0.4) is 0 Å². The standard InChI is InChI=1S/C20H20BrN5O2S/c21-18-5-6-19(23-22-18)28-15-4-1-11-8-25(9-13(11)15)20(27)16-7-14-17(29-16)10-26(24-14)12-2-3-12/h5-7,10-13,15H,1-4,8-9H2/t11-,13+,15+/m0/s1. The van der Waals surface area contributed by atoms with E-state index in [1.807, 2.05) is 23.1 Å². The second-order valence-electron chi connectivity index (χ2n) is 8.26. The van der Waals surface area contributed by atoms with E-state index in [-0.39, 0.29) is 12.0 Å². The van der Waals surface area contributed by atoms with E-state index < -0.39 is 0 Å². The van der Waals surface area contributed by atoms with E-state index in [1.165, 1.54) is 12.8 Å². The summed E-state index contributed by atoms with van der Waals surface area (Å²) < 4.78 is 9.97. The molecule has 0 aromatic carbocycles. The van der Waals surface area contributed by atoms with Crippen molar-refractivity contribution >= 4 is 43.4 Å². The van der Waals surface area contributed by atoms with Crippen LogP contribution in [0.1, 0.15) is 41.4 Å². The van der Waals surface area contributed by atoms with Crippen LogP contribution >= 0.6 is 27.3 Å². The molecule has 0 unspecified atom stereocenters. The molecule has 4 heterocycles. The third-order valence-corrected chi connectivity index (χ3v) is 7.77. The zero-order valence-corrected chi connectivity index (χ0v) is 18.1. The van der Waals surface area contributed by atoms with Gasteiger partial charge in [0.05, 0.1) is 15.6 Å². The van der Waals surface area contributed by atoms with Gasteiger partial charge in [-0.3, -0.25) is 9.48 Å². The zero-order valence-electron chi connectivity index (χ0n) is 15.7. The first-order valence-electron chi connectivity index (χ1n) is 10.1. The summed E-state index contributed by atoms with van der Waals surface area (Å²) in [4.78, 5) is 15.9. The molecular weight excluding hydrogens is 454 g/mol. The Kier molecular flexibility index (Phi) is 4.16. The maximum atomic E-state index is 13.1. The van der Waals surface area contributed by atoms with Gasteiger partial charge in [0.15, 0.2) is 0 Å². The minimum Gasteiger partial charge on any atom is -0.473 e. The molecule has 0 N–H and O–H groups in total. The molecule has 2 saturated carbocycles. The van der Waals surface area contributed by atoms with Gasteiger partial charge in [-0.2, -0.15) is 5.10 Å². The Balaban J connectivity index is 1.15. The number of rotatable bonds is 4. The fourth-order valence-corrected chi connectivity index (χ4v) is 5.88. The predicted molar refractivity (Wildman–Crippen MR) is 112 cm³/mol. The van der Waals surface area contributed by atoms with Gasteiger partial charge in [0.1, 0.15) is 16.2 Å². The van der Waals surface area contributed by atoms with Gasteiger partial charge in [0.25, 0.3) is 5.91 Å². The highest BCUT2D eigenvalue weighted by Crippen LogP contribution is 2.41. The van der Waals surface area contributed by atoms with Gasteiger partial charge in [-0.1, -0.05) is 0 Å². The van der Waals surface area contributed by atoms with Crippen LogP contribution in [-0.2, 0) is 0 Å². The third kappa shape index (κ3) is 3.24. The smallest absolute Gasteiger partial charge is 0.264 e. The van der Waals surface area contributed by atoms with E-state index in [9.17, 15) is 4.79 Å². The lowest BCUT2D eigenvalue weighted by molar-refractivity contribution is 0.0765. The first-order valence-corrected chi connectivity index (χ1v) is 11.7. The maximum absolute atomic E-state index is 13.1. The Labute approximate surface area is 180 Å². The molecule has 0 bridgehead atoms. The third-order valence-electron chi connectivity index (χ3n) is 6.30. The Morgan fingerprint density at radius 1 is 1.17 bits per heavy atom. The summed E-state index contributed by atoms with van der Waals surface area (Å²) in [7, 11) is 0. The normalized spacial score (nSPS) is 26.2. The molecule has 1 aliphatic heterocycles. The number of likely N-dealkylation sites (tertiary alicyclic amines) is 1. The van der Waals surface area contributed by atoms with Gasteiger partial charge in [0.2, 0.25) is 5.88 Å². The van der Waals surface area contributed by atoms with Crippen molar-refractivity contribution in [1.82, 2.24) is 24.9 Å². The topological polar surface area (TPSA) is 73.1 Å². The van der Waals surface area contributed by atoms with Gasteiger partial charge in [0, 0.05) is 31.3 Å². The van der Waals surface area contributed by atoms with Crippen molar-refractivity contribution in [3.05, 3.63) is 33.9 Å². The van der Waals surface area contributed by atoms with Crippen LogP contribution in [0.15, 0.2) is 29.0 Å². The Bertz CT molecular complexity index is 1040. The molecule has 3 atom stereocenters. The van der Waals surface area contributed by atoms with Gasteiger partial charge in [-0.05, 0) is 59.7 Å². The average molecular weight is 474 g/mol. The van der Waals surface area contributed by atoms with Crippen molar-refractivity contribution in [3.63, 3.8) is 0 Å². The lowest BCUT2D eigenvalue weighted by atomic mass is 9.99. The maximum Gasteiger partial charge on any atom is 0.264 e. The number of nitrogens with zero attached hydrogens (tertiary/aromatic N) is 5. The van der Waals surface area contributed by atoms with Gasteiger partial charge in [-0.25, -0.2) is 0 Å². The highest BCUT2D eigenvalue weighted by molar-refractivity contribution is 9.10. The van der Waals surface area contributed by atoms with Gasteiger partial charge < -0.3 is 9.64 Å². The van der Waals surface area contributed by atoms with E-state index in [4.69, 9.17) is 4.74 Å². The predicted octanol–water partition coefficient (Wildman–Crippen LogP) is 3.91. The molecule has 150 valence electrons. The molecule has 3 aromatic heterocycles. The van der Waals surface area contributed by atoms with Crippen LogP contribution in [0.5, 0.6) is 5.88 Å². The van der Waals surface area contributed by atoms with E-state index in [1.54, 1.807) is 11.3 Å². The zero-order chi connectivity index (χ0) is 19.5. The van der Waals surface area contributed by atoms with Crippen molar-refractivity contribution in [1.29, 1.82) is 0 Å². The number of fused-ring (bicyclic) bond motifs is 2. The van der Waals surface area contributed by atoms with Crippen molar-refractivity contribution in [2.24, 2.45) is 11.8 Å². The first-order chi connectivity index (χ1) is 14.1. The Morgan fingerprint density at radius 2 is 2.07 bits per heavy atom. The second kappa shape index (κ2) is 6.77. The van der Waals surface area contributed by atoms with E-state index in [2.05, 4.69) is 42.1 Å². The number of ether oxygens (including phenoxy) is 1. The molecule has 3 fully saturated rings. The fraction of sp³-hybridized carbons (Fsp3) is 0.500. The SMILES string of the molecule is O=C(c1cc2nn(C3CC3)cc2s1)N1C[C@@H]2CC[C@@H](Oc3ccc(Br)nn3)[C@@H]2C1. The lowest BCUT2D eigenvalue weighted by Crippen LogP contribution is -2.32. The molecular formula is C20H20BrN5O2S. The van der Waals surface area contributed by atoms with Gasteiger partial charge in [-0.15, -0.1) is 21.5 Å². The highest BCUT2D eigenvalue weighted by Gasteiger charge is 2.45. The van der Waals surface area contributed by atoms with Crippen molar-refractivity contribution in [3.8, 4) is 5.88 Å². The Hall–Kier alpha value is -2.00. The molecule has 0 spiro atoms. The largest absolute Gasteiger partial charge is 0.473 e. The molecule has 6 rings (SSSR count). The van der Waals surface area contributed by atoms with E-state index in [0.717, 1.165) is 41.0 Å². The molecule has 29 heavy (non-hydrogen) atoms. The molecule has 3 aliphatic rings.